The molecule has 110 valence electrons. The maximum Gasteiger partial charge on any atom is 0.221 e. The van der Waals surface area contributed by atoms with Crippen LogP contribution in [0.15, 0.2) is 63.5 Å². The normalized spacial score (nSPS) is 11.2. The number of methoxy groups -OCH3 is 1. The lowest BCUT2D eigenvalue weighted by Crippen LogP contribution is -1.90. The number of halogens is 1. The highest BCUT2D eigenvalue weighted by molar-refractivity contribution is 9.10. The van der Waals surface area contributed by atoms with Crippen LogP contribution in [0.25, 0.3) is 17.0 Å². The van der Waals surface area contributed by atoms with Gasteiger partial charge >= 0.3 is 0 Å². The quantitative estimate of drug-likeness (QED) is 0.482. The van der Waals surface area contributed by atoms with Gasteiger partial charge in [0.1, 0.15) is 11.3 Å². The molecular formula is C18H13BrO3. The van der Waals surface area contributed by atoms with Gasteiger partial charge in [0.2, 0.25) is 5.78 Å². The summed E-state index contributed by atoms with van der Waals surface area (Å²) in [5.41, 5.74) is 1.59. The van der Waals surface area contributed by atoms with Gasteiger partial charge in [-0.1, -0.05) is 34.1 Å². The summed E-state index contributed by atoms with van der Waals surface area (Å²) in [6.45, 7) is 0. The fourth-order valence-corrected chi connectivity index (χ4v) is 2.51. The molecule has 0 N–H and O–H groups in total. The Hall–Kier alpha value is -2.33. The third kappa shape index (κ3) is 3.12. The summed E-state index contributed by atoms with van der Waals surface area (Å²) in [6, 6.07) is 14.9. The molecule has 1 heterocycles. The van der Waals surface area contributed by atoms with Gasteiger partial charge < -0.3 is 9.15 Å². The molecule has 0 spiro atoms. The Labute approximate surface area is 136 Å². The number of ether oxygens (including phenoxy) is 1. The molecule has 1 aromatic heterocycles. The van der Waals surface area contributed by atoms with Crippen molar-refractivity contribution >= 4 is 38.8 Å². The third-order valence-electron chi connectivity index (χ3n) is 3.24. The standard InChI is InChI=1S/C18H13BrO3/c1-21-15-4-2-3-12(9-15)5-7-16(20)18-11-13-10-14(19)6-8-17(13)22-18/h2-11H,1H3. The predicted octanol–water partition coefficient (Wildman–Crippen LogP) is 5.10. The van der Waals surface area contributed by atoms with Crippen molar-refractivity contribution in [3.8, 4) is 5.75 Å². The molecule has 0 aliphatic carbocycles. The zero-order chi connectivity index (χ0) is 15.5. The van der Waals surface area contributed by atoms with E-state index >= 15 is 0 Å². The van der Waals surface area contributed by atoms with Crippen LogP contribution < -0.4 is 4.74 Å². The van der Waals surface area contributed by atoms with Crippen molar-refractivity contribution < 1.29 is 13.9 Å². The molecule has 0 amide bonds. The number of ketones is 1. The number of allylic oxidation sites excluding steroid dienone is 1. The summed E-state index contributed by atoms with van der Waals surface area (Å²) in [4.78, 5) is 12.2. The van der Waals surface area contributed by atoms with Crippen LogP contribution in [-0.2, 0) is 0 Å². The van der Waals surface area contributed by atoms with Crippen LogP contribution in [0.3, 0.4) is 0 Å². The van der Waals surface area contributed by atoms with E-state index < -0.39 is 0 Å². The number of carbonyl (C=O) groups is 1. The molecule has 0 aliphatic heterocycles. The van der Waals surface area contributed by atoms with Crippen LogP contribution in [0, 0.1) is 0 Å². The minimum Gasteiger partial charge on any atom is -0.497 e. The molecule has 0 radical (unpaired) electrons. The molecule has 3 nitrogen and oxygen atoms in total. The van der Waals surface area contributed by atoms with Crippen LogP contribution in [-0.4, -0.2) is 12.9 Å². The van der Waals surface area contributed by atoms with E-state index in [4.69, 9.17) is 9.15 Å². The van der Waals surface area contributed by atoms with E-state index in [0.717, 1.165) is 21.2 Å². The zero-order valence-corrected chi connectivity index (χ0v) is 13.5. The van der Waals surface area contributed by atoms with Crippen molar-refractivity contribution in [1.82, 2.24) is 0 Å². The van der Waals surface area contributed by atoms with Crippen LogP contribution in [0.5, 0.6) is 5.75 Å². The summed E-state index contributed by atoms with van der Waals surface area (Å²) in [6.07, 6.45) is 3.25. The minimum atomic E-state index is -0.171. The second-order valence-corrected chi connectivity index (χ2v) is 5.68. The van der Waals surface area contributed by atoms with Gasteiger partial charge in [0.25, 0.3) is 0 Å². The number of benzene rings is 2. The molecule has 0 aliphatic rings. The van der Waals surface area contributed by atoms with E-state index in [9.17, 15) is 4.79 Å². The number of furan rings is 1. The molecule has 4 heteroatoms. The Morgan fingerprint density at radius 2 is 2.05 bits per heavy atom. The first-order valence-corrected chi connectivity index (χ1v) is 7.50. The van der Waals surface area contributed by atoms with Gasteiger partial charge in [-0.05, 0) is 48.0 Å². The lowest BCUT2D eigenvalue weighted by Gasteiger charge is -1.99. The molecule has 0 saturated heterocycles. The lowest BCUT2D eigenvalue weighted by atomic mass is 10.1. The van der Waals surface area contributed by atoms with Crippen molar-refractivity contribution in [2.75, 3.05) is 7.11 Å². The fourth-order valence-electron chi connectivity index (χ4n) is 2.13. The van der Waals surface area contributed by atoms with Crippen LogP contribution in [0.4, 0.5) is 0 Å². The predicted molar refractivity (Wildman–Crippen MR) is 90.3 cm³/mol. The molecule has 0 bridgehead atoms. The monoisotopic (exact) mass is 356 g/mol. The van der Waals surface area contributed by atoms with Gasteiger partial charge in [-0.15, -0.1) is 0 Å². The smallest absolute Gasteiger partial charge is 0.221 e. The Morgan fingerprint density at radius 1 is 1.18 bits per heavy atom. The van der Waals surface area contributed by atoms with Crippen molar-refractivity contribution in [2.24, 2.45) is 0 Å². The zero-order valence-electron chi connectivity index (χ0n) is 11.9. The van der Waals surface area contributed by atoms with Gasteiger partial charge in [0.15, 0.2) is 5.76 Å². The molecule has 22 heavy (non-hydrogen) atoms. The van der Waals surface area contributed by atoms with E-state index in [0.29, 0.717) is 11.3 Å². The lowest BCUT2D eigenvalue weighted by molar-refractivity contribution is 0.102. The first-order valence-electron chi connectivity index (χ1n) is 6.71. The van der Waals surface area contributed by atoms with Crippen LogP contribution in [0.2, 0.25) is 0 Å². The van der Waals surface area contributed by atoms with E-state index in [1.54, 1.807) is 19.3 Å². The number of hydrogen-bond acceptors (Lipinski definition) is 3. The maximum absolute atomic E-state index is 12.2. The molecule has 3 rings (SSSR count). The average Bonchev–Trinajstić information content (AvgIpc) is 2.96. The maximum atomic E-state index is 12.2. The Balaban J connectivity index is 1.84. The average molecular weight is 357 g/mol. The summed E-state index contributed by atoms with van der Waals surface area (Å²) >= 11 is 3.40. The highest BCUT2D eigenvalue weighted by Gasteiger charge is 2.09. The second kappa shape index (κ2) is 6.20. The largest absolute Gasteiger partial charge is 0.497 e. The number of hydrogen-bond donors (Lipinski definition) is 0. The summed E-state index contributed by atoms with van der Waals surface area (Å²) < 4.78 is 11.7. The highest BCUT2D eigenvalue weighted by Crippen LogP contribution is 2.24. The Morgan fingerprint density at radius 3 is 2.86 bits per heavy atom. The van der Waals surface area contributed by atoms with Gasteiger partial charge in [0.05, 0.1) is 7.11 Å². The highest BCUT2D eigenvalue weighted by atomic mass is 79.9. The van der Waals surface area contributed by atoms with Crippen molar-refractivity contribution in [3.05, 3.63) is 70.4 Å². The van der Waals surface area contributed by atoms with E-state index in [1.165, 1.54) is 6.08 Å². The summed E-state index contributed by atoms with van der Waals surface area (Å²) in [5.74, 6) is 0.908. The van der Waals surface area contributed by atoms with Crippen molar-refractivity contribution in [2.45, 2.75) is 0 Å². The second-order valence-electron chi connectivity index (χ2n) is 4.77. The topological polar surface area (TPSA) is 39.4 Å². The van der Waals surface area contributed by atoms with Gasteiger partial charge in [-0.2, -0.15) is 0 Å². The minimum absolute atomic E-state index is 0.171. The summed E-state index contributed by atoms with van der Waals surface area (Å²) in [5, 5.41) is 0.896. The van der Waals surface area contributed by atoms with E-state index in [1.807, 2.05) is 42.5 Å². The molecule has 2 aromatic carbocycles. The number of fused-ring (bicyclic) bond motifs is 1. The number of rotatable bonds is 4. The number of carbonyl (C=O) groups excluding carboxylic acids is 1. The van der Waals surface area contributed by atoms with Crippen LogP contribution in [0.1, 0.15) is 16.1 Å². The van der Waals surface area contributed by atoms with E-state index in [-0.39, 0.29) is 5.78 Å². The molecule has 0 saturated carbocycles. The van der Waals surface area contributed by atoms with Crippen LogP contribution >= 0.6 is 15.9 Å². The Bertz CT molecular complexity index is 862. The fraction of sp³-hybridized carbons (Fsp3) is 0.0556. The van der Waals surface area contributed by atoms with Crippen molar-refractivity contribution in [3.63, 3.8) is 0 Å². The third-order valence-corrected chi connectivity index (χ3v) is 3.74. The van der Waals surface area contributed by atoms with Gasteiger partial charge in [-0.25, -0.2) is 0 Å². The van der Waals surface area contributed by atoms with E-state index in [2.05, 4.69) is 15.9 Å². The van der Waals surface area contributed by atoms with Crippen molar-refractivity contribution in [1.29, 1.82) is 0 Å². The molecule has 0 unspecified atom stereocenters. The molecule has 0 fully saturated rings. The molecular weight excluding hydrogens is 344 g/mol. The first-order chi connectivity index (χ1) is 10.7. The first kappa shape index (κ1) is 14.6. The Kier molecular flexibility index (Phi) is 4.11. The van der Waals surface area contributed by atoms with Gasteiger partial charge in [0, 0.05) is 9.86 Å². The summed E-state index contributed by atoms with van der Waals surface area (Å²) in [7, 11) is 1.61. The SMILES string of the molecule is COc1cccc(C=CC(=O)c2cc3cc(Br)ccc3o2)c1. The molecule has 3 aromatic rings. The molecule has 0 atom stereocenters. The van der Waals surface area contributed by atoms with Gasteiger partial charge in [-0.3, -0.25) is 4.79 Å².